The largest absolute Gasteiger partial charge is 0.390 e. The molecule has 2 aromatic carbocycles. The molecule has 1 aliphatic heterocycles. The maximum Gasteiger partial charge on any atom is 0.270 e. The standard InChI is InChI=1S/C38H50N6O5/c1-38(2,3)43-37(49)32-20-26-14-7-8-15-27(26)22-44(32)23-33(45)30(19-24-11-5-4-6-12-24)41-36(48)31(21-34(39)46)42-35(47)29-18-17-25-13-9-10-16-28(25)40-29/h4-6,9-13,16-18,26-27,30-33,45H,7-8,14-15,19-23H2,1-3H3,(H2,39,46)(H,41,48)(H,42,47)(H,43,49)/t26-,27+,30-,31-,32-,33+/m0/s1/i9T. The minimum atomic E-state index is -1.33. The number of amides is 4. The number of nitrogens with one attached hydrogen (secondary N) is 3. The monoisotopic (exact) mass is 672 g/mol. The molecular formula is C38H50N6O5. The Morgan fingerprint density at radius 3 is 2.45 bits per heavy atom. The van der Waals surface area contributed by atoms with Crippen LogP contribution in [0.15, 0.2) is 66.7 Å². The number of likely N-dealkylation sites (tertiary alicyclic amines) is 1. The lowest BCUT2D eigenvalue weighted by atomic mass is 9.72. The summed E-state index contributed by atoms with van der Waals surface area (Å²) in [4.78, 5) is 59.3. The maximum absolute atomic E-state index is 13.8. The van der Waals surface area contributed by atoms with Crippen molar-refractivity contribution >= 4 is 34.5 Å². The predicted molar refractivity (Wildman–Crippen MR) is 188 cm³/mol. The zero-order valence-electron chi connectivity index (χ0n) is 29.7. The van der Waals surface area contributed by atoms with Crippen LogP contribution in [-0.4, -0.2) is 81.5 Å². The van der Waals surface area contributed by atoms with Gasteiger partial charge in [0.1, 0.15) is 11.7 Å². The summed E-state index contributed by atoms with van der Waals surface area (Å²) in [5.41, 5.74) is 6.51. The molecule has 1 aliphatic carbocycles. The van der Waals surface area contributed by atoms with Gasteiger partial charge in [-0.2, -0.15) is 0 Å². The van der Waals surface area contributed by atoms with Gasteiger partial charge in [-0.3, -0.25) is 24.1 Å². The number of hydrogen-bond donors (Lipinski definition) is 5. The van der Waals surface area contributed by atoms with Crippen molar-refractivity contribution in [3.63, 3.8) is 0 Å². The SMILES string of the molecule is [3H]c1ccc2nc(C(=O)N[C@@H](CC(N)=O)C(=O)N[C@@H](Cc3ccccc3)[C@H](O)CN3C[C@H]4CCCC[C@H]4C[C@H]3C(=O)NC(C)(C)C)ccc2c1. The summed E-state index contributed by atoms with van der Waals surface area (Å²) in [5.74, 6) is -1.31. The van der Waals surface area contributed by atoms with E-state index in [-0.39, 0.29) is 24.6 Å². The van der Waals surface area contributed by atoms with Gasteiger partial charge >= 0.3 is 0 Å². The molecule has 11 nitrogen and oxygen atoms in total. The molecule has 1 aromatic heterocycles. The van der Waals surface area contributed by atoms with Crippen molar-refractivity contribution in [1.82, 2.24) is 25.8 Å². The van der Waals surface area contributed by atoms with Crippen LogP contribution in [0.2, 0.25) is 0 Å². The molecular weight excluding hydrogens is 620 g/mol. The second kappa shape index (κ2) is 15.9. The van der Waals surface area contributed by atoms with Crippen LogP contribution in [0.1, 0.15) is 76.7 Å². The number of pyridine rings is 1. The highest BCUT2D eigenvalue weighted by Crippen LogP contribution is 2.39. The van der Waals surface area contributed by atoms with Crippen molar-refractivity contribution < 1.29 is 25.7 Å². The first-order chi connectivity index (χ1) is 23.8. The lowest BCUT2D eigenvalue weighted by Gasteiger charge is -2.47. The Morgan fingerprint density at radius 2 is 1.73 bits per heavy atom. The number of benzene rings is 2. The van der Waals surface area contributed by atoms with Crippen molar-refractivity contribution in [2.24, 2.45) is 17.6 Å². The number of aliphatic hydroxyl groups excluding tert-OH is 1. The van der Waals surface area contributed by atoms with Gasteiger partial charge in [0.25, 0.3) is 5.91 Å². The molecule has 0 bridgehead atoms. The molecule has 3 aromatic rings. The Hall–Kier alpha value is -4.35. The normalized spacial score (nSPS) is 21.8. The number of primary amides is 1. The van der Waals surface area contributed by atoms with Gasteiger partial charge in [0.2, 0.25) is 17.7 Å². The highest BCUT2D eigenvalue weighted by molar-refractivity contribution is 5.99. The van der Waals surface area contributed by atoms with Gasteiger partial charge in [0.05, 0.1) is 31.5 Å². The third-order valence-electron chi connectivity index (χ3n) is 9.61. The zero-order chi connectivity index (χ0) is 36.0. The molecule has 2 fully saturated rings. The predicted octanol–water partition coefficient (Wildman–Crippen LogP) is 3.09. The first-order valence-corrected chi connectivity index (χ1v) is 17.3. The van der Waals surface area contributed by atoms with E-state index in [1.54, 1.807) is 24.3 Å². The van der Waals surface area contributed by atoms with Crippen molar-refractivity contribution in [3.8, 4) is 0 Å². The molecule has 2 heterocycles. The summed E-state index contributed by atoms with van der Waals surface area (Å²) < 4.78 is 7.81. The van der Waals surface area contributed by atoms with E-state index in [9.17, 15) is 24.3 Å². The number of rotatable bonds is 12. The number of carbonyl (C=O) groups is 4. The van der Waals surface area contributed by atoms with Crippen LogP contribution in [0.4, 0.5) is 0 Å². The number of β-amino-alcohol motifs (C(OH)–C–C–N with tert-alkyl or cyclic N) is 1. The summed E-state index contributed by atoms with van der Waals surface area (Å²) >= 11 is 0. The molecule has 262 valence electrons. The summed E-state index contributed by atoms with van der Waals surface area (Å²) in [7, 11) is 0. The van der Waals surface area contributed by atoms with Gasteiger partial charge in [-0.1, -0.05) is 73.8 Å². The van der Waals surface area contributed by atoms with Crippen LogP contribution in [0, 0.1) is 11.8 Å². The smallest absolute Gasteiger partial charge is 0.270 e. The zero-order valence-corrected chi connectivity index (χ0v) is 28.7. The van der Waals surface area contributed by atoms with Gasteiger partial charge in [0, 0.05) is 24.0 Å². The van der Waals surface area contributed by atoms with Gasteiger partial charge in [-0.25, -0.2) is 4.98 Å². The highest BCUT2D eigenvalue weighted by Gasteiger charge is 2.42. The van der Waals surface area contributed by atoms with Gasteiger partial charge < -0.3 is 26.8 Å². The molecule has 0 unspecified atom stereocenters. The van der Waals surface area contributed by atoms with Crippen molar-refractivity contribution in [3.05, 3.63) is 78.0 Å². The summed E-state index contributed by atoms with van der Waals surface area (Å²) in [6.07, 6.45) is 3.93. The van der Waals surface area contributed by atoms with E-state index in [2.05, 4.69) is 25.8 Å². The topological polar surface area (TPSA) is 167 Å². The number of carbonyl (C=O) groups excluding carboxylic acids is 4. The quantitative estimate of drug-likeness (QED) is 0.197. The fourth-order valence-electron chi connectivity index (χ4n) is 7.20. The molecule has 4 amide bonds. The van der Waals surface area contributed by atoms with Crippen LogP contribution in [0.3, 0.4) is 0 Å². The molecule has 11 heteroatoms. The van der Waals surface area contributed by atoms with Gasteiger partial charge in [-0.15, -0.1) is 0 Å². The van der Waals surface area contributed by atoms with Gasteiger partial charge in [-0.05, 0) is 69.6 Å². The Morgan fingerprint density at radius 1 is 1.00 bits per heavy atom. The molecule has 2 aliphatic rings. The number of aromatic nitrogens is 1. The molecule has 0 radical (unpaired) electrons. The Balaban J connectivity index is 1.35. The van der Waals surface area contributed by atoms with Crippen LogP contribution in [-0.2, 0) is 20.8 Å². The number of fused-ring (bicyclic) bond motifs is 2. The molecule has 6 N–H and O–H groups in total. The number of nitrogens with zero attached hydrogens (tertiary/aromatic N) is 2. The number of hydrogen-bond acceptors (Lipinski definition) is 7. The molecule has 1 saturated carbocycles. The van der Waals surface area contributed by atoms with Crippen LogP contribution < -0.4 is 21.7 Å². The molecule has 49 heavy (non-hydrogen) atoms. The second-order valence-electron chi connectivity index (χ2n) is 14.6. The fraction of sp³-hybridized carbons (Fsp3) is 0.500. The van der Waals surface area contributed by atoms with Crippen LogP contribution >= 0.6 is 0 Å². The first kappa shape index (κ1) is 34.5. The number of piperidine rings is 1. The average Bonchev–Trinajstić information content (AvgIpc) is 3.06. The van der Waals surface area contributed by atoms with E-state index >= 15 is 0 Å². The van der Waals surface area contributed by atoms with E-state index in [1.807, 2.05) is 51.1 Å². The van der Waals surface area contributed by atoms with Crippen LogP contribution in [0.5, 0.6) is 0 Å². The minimum absolute atomic E-state index is 0.0315. The Bertz CT molecular complexity index is 1680. The van der Waals surface area contributed by atoms with Crippen molar-refractivity contribution in [1.29, 1.82) is 0 Å². The van der Waals surface area contributed by atoms with Crippen molar-refractivity contribution in [2.45, 2.75) is 95.5 Å². The third-order valence-corrected chi connectivity index (χ3v) is 9.61. The lowest BCUT2D eigenvalue weighted by Crippen LogP contribution is -2.61. The van der Waals surface area contributed by atoms with E-state index in [0.29, 0.717) is 35.3 Å². The third kappa shape index (κ3) is 9.86. The van der Waals surface area contributed by atoms with E-state index in [1.165, 1.54) is 6.07 Å². The molecule has 5 rings (SSSR count). The van der Waals surface area contributed by atoms with E-state index in [0.717, 1.165) is 37.7 Å². The average molecular weight is 673 g/mol. The number of para-hydroxylation sites is 1. The number of aliphatic hydroxyl groups is 1. The van der Waals surface area contributed by atoms with Crippen molar-refractivity contribution in [2.75, 3.05) is 13.1 Å². The summed E-state index contributed by atoms with van der Waals surface area (Å²) in [6, 6.07) is 15.1. The summed E-state index contributed by atoms with van der Waals surface area (Å²) in [5, 5.41) is 21.2. The Labute approximate surface area is 289 Å². The molecule has 1 saturated heterocycles. The molecule has 6 atom stereocenters. The number of nitrogens with two attached hydrogens (primary N) is 1. The fourth-order valence-corrected chi connectivity index (χ4v) is 7.20. The first-order valence-electron chi connectivity index (χ1n) is 17.8. The summed E-state index contributed by atoms with van der Waals surface area (Å²) in [6.45, 7) is 6.68. The maximum atomic E-state index is 13.8. The van der Waals surface area contributed by atoms with Gasteiger partial charge in [0.15, 0.2) is 0 Å². The van der Waals surface area contributed by atoms with E-state index in [4.69, 9.17) is 7.10 Å². The second-order valence-corrected chi connectivity index (χ2v) is 14.6. The minimum Gasteiger partial charge on any atom is -0.390 e. The van der Waals surface area contributed by atoms with Crippen LogP contribution in [0.25, 0.3) is 10.9 Å². The highest BCUT2D eigenvalue weighted by atomic mass is 16.3. The molecule has 0 spiro atoms. The lowest BCUT2D eigenvalue weighted by molar-refractivity contribution is -0.133. The van der Waals surface area contributed by atoms with E-state index < -0.39 is 53.9 Å². The Kier molecular flexibility index (Phi) is 11.2.